The molecule has 1 N–H and O–H groups in total. The van der Waals surface area contributed by atoms with Crippen LogP contribution in [-0.4, -0.2) is 35.3 Å². The molecule has 0 aliphatic carbocycles. The zero-order chi connectivity index (χ0) is 12.3. The first-order valence-electron chi connectivity index (χ1n) is 5.04. The van der Waals surface area contributed by atoms with Crippen molar-refractivity contribution in [2.45, 2.75) is 31.8 Å². The van der Waals surface area contributed by atoms with E-state index >= 15 is 0 Å². The SMILES string of the molecule is C=CCN(C(C)C)S(=O)(=O)c1cnc(C)[nH]1. The van der Waals surface area contributed by atoms with Crippen molar-refractivity contribution in [3.8, 4) is 0 Å². The lowest BCUT2D eigenvalue weighted by molar-refractivity contribution is 0.381. The number of nitrogens with one attached hydrogen (secondary N) is 1. The minimum atomic E-state index is -3.50. The van der Waals surface area contributed by atoms with Crippen LogP contribution in [0.3, 0.4) is 0 Å². The molecule has 0 bridgehead atoms. The second kappa shape index (κ2) is 4.80. The molecule has 90 valence electrons. The lowest BCUT2D eigenvalue weighted by Crippen LogP contribution is -2.37. The average molecular weight is 243 g/mol. The third-order valence-corrected chi connectivity index (χ3v) is 4.10. The predicted molar refractivity (Wildman–Crippen MR) is 62.5 cm³/mol. The van der Waals surface area contributed by atoms with E-state index in [4.69, 9.17) is 0 Å². The lowest BCUT2D eigenvalue weighted by atomic mass is 10.4. The molecule has 1 aromatic heterocycles. The van der Waals surface area contributed by atoms with Gasteiger partial charge < -0.3 is 4.98 Å². The van der Waals surface area contributed by atoms with Crippen molar-refractivity contribution in [1.29, 1.82) is 0 Å². The number of aromatic amines is 1. The van der Waals surface area contributed by atoms with E-state index in [0.29, 0.717) is 5.82 Å². The molecule has 0 aliphatic heterocycles. The lowest BCUT2D eigenvalue weighted by Gasteiger charge is -2.23. The average Bonchev–Trinajstić information content (AvgIpc) is 2.61. The van der Waals surface area contributed by atoms with Crippen molar-refractivity contribution in [1.82, 2.24) is 14.3 Å². The number of sulfonamides is 1. The third-order valence-electron chi connectivity index (χ3n) is 2.15. The molecule has 1 aromatic rings. The summed E-state index contributed by atoms with van der Waals surface area (Å²) in [5, 5.41) is 0.126. The Morgan fingerprint density at radius 3 is 2.62 bits per heavy atom. The Bertz CT molecular complexity index is 462. The van der Waals surface area contributed by atoms with E-state index in [9.17, 15) is 8.42 Å². The Labute approximate surface area is 96.2 Å². The summed E-state index contributed by atoms with van der Waals surface area (Å²) in [5.41, 5.74) is 0. The summed E-state index contributed by atoms with van der Waals surface area (Å²) < 4.78 is 25.7. The second-order valence-corrected chi connectivity index (χ2v) is 5.65. The monoisotopic (exact) mass is 243 g/mol. The maximum atomic E-state index is 12.2. The smallest absolute Gasteiger partial charge is 0.260 e. The largest absolute Gasteiger partial charge is 0.332 e. The van der Waals surface area contributed by atoms with Gasteiger partial charge in [-0.15, -0.1) is 6.58 Å². The van der Waals surface area contributed by atoms with Gasteiger partial charge in [-0.25, -0.2) is 13.4 Å². The fourth-order valence-corrected chi connectivity index (χ4v) is 2.94. The minimum Gasteiger partial charge on any atom is -0.332 e. The Kier molecular flexibility index (Phi) is 3.88. The van der Waals surface area contributed by atoms with Gasteiger partial charge in [0.2, 0.25) is 0 Å². The Balaban J connectivity index is 3.12. The first kappa shape index (κ1) is 12.9. The number of aromatic nitrogens is 2. The van der Waals surface area contributed by atoms with E-state index in [0.717, 1.165) is 0 Å². The van der Waals surface area contributed by atoms with E-state index in [1.165, 1.54) is 10.5 Å². The van der Waals surface area contributed by atoms with Crippen LogP contribution >= 0.6 is 0 Å². The van der Waals surface area contributed by atoms with Crippen molar-refractivity contribution in [3.05, 3.63) is 24.7 Å². The van der Waals surface area contributed by atoms with E-state index in [2.05, 4.69) is 16.5 Å². The molecule has 5 nitrogen and oxygen atoms in total. The van der Waals surface area contributed by atoms with Crippen LogP contribution in [0.4, 0.5) is 0 Å². The van der Waals surface area contributed by atoms with Gasteiger partial charge >= 0.3 is 0 Å². The van der Waals surface area contributed by atoms with Gasteiger partial charge in [-0.1, -0.05) is 6.08 Å². The highest BCUT2D eigenvalue weighted by Gasteiger charge is 2.27. The van der Waals surface area contributed by atoms with E-state index in [1.54, 1.807) is 13.0 Å². The number of imidazole rings is 1. The molecule has 0 atom stereocenters. The molecule has 0 amide bonds. The number of hydrogen-bond donors (Lipinski definition) is 1. The van der Waals surface area contributed by atoms with Crippen molar-refractivity contribution >= 4 is 10.0 Å². The van der Waals surface area contributed by atoms with Crippen molar-refractivity contribution in [2.75, 3.05) is 6.54 Å². The fraction of sp³-hybridized carbons (Fsp3) is 0.500. The summed E-state index contributed by atoms with van der Waals surface area (Å²) in [6, 6.07) is -0.119. The zero-order valence-corrected chi connectivity index (χ0v) is 10.6. The van der Waals surface area contributed by atoms with Gasteiger partial charge in [-0.3, -0.25) is 0 Å². The molecule has 1 rings (SSSR count). The first-order chi connectivity index (χ1) is 7.39. The molecular weight excluding hydrogens is 226 g/mol. The summed E-state index contributed by atoms with van der Waals surface area (Å²) in [7, 11) is -3.50. The van der Waals surface area contributed by atoms with Gasteiger partial charge in [0.05, 0.1) is 6.20 Å². The summed E-state index contributed by atoms with van der Waals surface area (Å²) >= 11 is 0. The fourth-order valence-electron chi connectivity index (χ4n) is 1.37. The molecule has 0 fully saturated rings. The molecule has 6 heteroatoms. The first-order valence-corrected chi connectivity index (χ1v) is 6.48. The molecule has 0 saturated carbocycles. The highest BCUT2D eigenvalue weighted by atomic mass is 32.2. The quantitative estimate of drug-likeness (QED) is 0.793. The van der Waals surface area contributed by atoms with Crippen LogP contribution in [0.2, 0.25) is 0 Å². The molecule has 0 radical (unpaired) electrons. The van der Waals surface area contributed by atoms with Gasteiger partial charge in [0.15, 0.2) is 5.03 Å². The number of hydrogen-bond acceptors (Lipinski definition) is 3. The number of nitrogens with zero attached hydrogens (tertiary/aromatic N) is 2. The Hall–Kier alpha value is -1.14. The zero-order valence-electron chi connectivity index (χ0n) is 9.77. The van der Waals surface area contributed by atoms with E-state index in [-0.39, 0.29) is 17.6 Å². The van der Waals surface area contributed by atoms with E-state index in [1.807, 2.05) is 13.8 Å². The minimum absolute atomic E-state index is 0.119. The van der Waals surface area contributed by atoms with Crippen LogP contribution in [-0.2, 0) is 10.0 Å². The van der Waals surface area contributed by atoms with Gasteiger partial charge in [0.25, 0.3) is 10.0 Å². The van der Waals surface area contributed by atoms with Crippen LogP contribution in [0, 0.1) is 6.92 Å². The normalized spacial score (nSPS) is 12.3. The number of H-pyrrole nitrogens is 1. The van der Waals surface area contributed by atoms with Crippen molar-refractivity contribution < 1.29 is 8.42 Å². The molecule has 0 aromatic carbocycles. The summed E-state index contributed by atoms with van der Waals surface area (Å²) in [6.45, 7) is 9.21. The van der Waals surface area contributed by atoms with E-state index < -0.39 is 10.0 Å². The second-order valence-electron chi connectivity index (χ2n) is 3.79. The molecule has 0 spiro atoms. The summed E-state index contributed by atoms with van der Waals surface area (Å²) in [4.78, 5) is 6.63. The molecule has 1 heterocycles. The molecule has 16 heavy (non-hydrogen) atoms. The van der Waals surface area contributed by atoms with Crippen LogP contribution in [0.25, 0.3) is 0 Å². The topological polar surface area (TPSA) is 66.1 Å². The van der Waals surface area contributed by atoms with Crippen LogP contribution in [0.5, 0.6) is 0 Å². The number of rotatable bonds is 5. The van der Waals surface area contributed by atoms with Crippen molar-refractivity contribution in [3.63, 3.8) is 0 Å². The van der Waals surface area contributed by atoms with Crippen LogP contribution in [0.1, 0.15) is 19.7 Å². The van der Waals surface area contributed by atoms with Gasteiger partial charge in [-0.05, 0) is 20.8 Å². The molecule has 0 aliphatic rings. The Morgan fingerprint density at radius 2 is 2.25 bits per heavy atom. The van der Waals surface area contributed by atoms with Crippen LogP contribution in [0.15, 0.2) is 23.9 Å². The highest BCUT2D eigenvalue weighted by molar-refractivity contribution is 7.89. The summed E-state index contributed by atoms with van der Waals surface area (Å²) in [5.74, 6) is 0.584. The Morgan fingerprint density at radius 1 is 1.62 bits per heavy atom. The predicted octanol–water partition coefficient (Wildman–Crippen LogP) is 1.30. The maximum absolute atomic E-state index is 12.2. The van der Waals surface area contributed by atoms with Gasteiger partial charge in [0.1, 0.15) is 5.82 Å². The molecular formula is C10H17N3O2S. The third kappa shape index (κ3) is 2.51. The maximum Gasteiger partial charge on any atom is 0.260 e. The number of aryl methyl sites for hydroxylation is 1. The molecule has 0 saturated heterocycles. The summed E-state index contributed by atoms with van der Waals surface area (Å²) in [6.07, 6.45) is 2.91. The van der Waals surface area contributed by atoms with Gasteiger partial charge in [-0.2, -0.15) is 4.31 Å². The highest BCUT2D eigenvalue weighted by Crippen LogP contribution is 2.15. The van der Waals surface area contributed by atoms with Crippen molar-refractivity contribution in [2.24, 2.45) is 0 Å². The van der Waals surface area contributed by atoms with Gasteiger partial charge in [0, 0.05) is 12.6 Å². The molecule has 0 unspecified atom stereocenters. The standard InChI is InChI=1S/C10H17N3O2S/c1-5-6-13(8(2)3)16(14,15)10-7-11-9(4)12-10/h5,7-8H,1,6H2,2-4H3,(H,11,12). The van der Waals surface area contributed by atoms with Crippen LogP contribution < -0.4 is 0 Å².